The van der Waals surface area contributed by atoms with Crippen LogP contribution in [0.15, 0.2) is 46.4 Å². The Morgan fingerprint density at radius 2 is 1.75 bits per heavy atom. The van der Waals surface area contributed by atoms with Gasteiger partial charge in [-0.2, -0.15) is 0 Å². The van der Waals surface area contributed by atoms with Crippen molar-refractivity contribution in [1.29, 1.82) is 0 Å². The summed E-state index contributed by atoms with van der Waals surface area (Å²) in [7, 11) is 0. The molecule has 1 N–H and O–H groups in total. The minimum Gasteiger partial charge on any atom is -0.441 e. The molecule has 8 heteroatoms. The number of hydrogen-bond acceptors (Lipinski definition) is 5. The Hall–Kier alpha value is -2.64. The SMILES string of the molecule is O=C1NC(=S)N(c2ccc(Cl)cc2)C(=O)/C1=C/c1ccc(N2CCCCC2)o1. The van der Waals surface area contributed by atoms with Crippen LogP contribution in [-0.2, 0) is 9.59 Å². The Morgan fingerprint density at radius 1 is 1.04 bits per heavy atom. The van der Waals surface area contributed by atoms with Crippen LogP contribution >= 0.6 is 23.8 Å². The van der Waals surface area contributed by atoms with Crippen molar-refractivity contribution in [3.63, 3.8) is 0 Å². The molecule has 6 nitrogen and oxygen atoms in total. The van der Waals surface area contributed by atoms with Gasteiger partial charge in [0.2, 0.25) is 0 Å². The summed E-state index contributed by atoms with van der Waals surface area (Å²) in [4.78, 5) is 28.8. The monoisotopic (exact) mass is 415 g/mol. The Balaban J connectivity index is 1.61. The number of piperidine rings is 1. The van der Waals surface area contributed by atoms with E-state index in [1.165, 1.54) is 17.4 Å². The lowest BCUT2D eigenvalue weighted by molar-refractivity contribution is -0.122. The van der Waals surface area contributed by atoms with Crippen LogP contribution in [0.3, 0.4) is 0 Å². The average Bonchev–Trinajstić information content (AvgIpc) is 3.16. The van der Waals surface area contributed by atoms with E-state index < -0.39 is 11.8 Å². The average molecular weight is 416 g/mol. The molecule has 0 aliphatic carbocycles. The molecule has 2 aliphatic rings. The van der Waals surface area contributed by atoms with Gasteiger partial charge >= 0.3 is 0 Å². The molecule has 144 valence electrons. The predicted molar refractivity (Wildman–Crippen MR) is 112 cm³/mol. The van der Waals surface area contributed by atoms with Crippen molar-refractivity contribution in [2.24, 2.45) is 0 Å². The number of benzene rings is 1. The number of amides is 2. The maximum absolute atomic E-state index is 13.0. The molecule has 2 fully saturated rings. The van der Waals surface area contributed by atoms with Crippen molar-refractivity contribution < 1.29 is 14.0 Å². The number of carbonyl (C=O) groups excluding carboxylic acids is 2. The quantitative estimate of drug-likeness (QED) is 0.469. The molecule has 2 aliphatic heterocycles. The summed E-state index contributed by atoms with van der Waals surface area (Å²) in [6.45, 7) is 1.89. The highest BCUT2D eigenvalue weighted by molar-refractivity contribution is 7.80. The van der Waals surface area contributed by atoms with Crippen molar-refractivity contribution in [2.75, 3.05) is 22.9 Å². The number of thiocarbonyl (C=S) groups is 1. The van der Waals surface area contributed by atoms with Gasteiger partial charge in [-0.15, -0.1) is 0 Å². The third-order valence-corrected chi connectivity index (χ3v) is 5.29. The second-order valence-electron chi connectivity index (χ2n) is 6.66. The topological polar surface area (TPSA) is 65.8 Å². The Morgan fingerprint density at radius 3 is 2.46 bits per heavy atom. The van der Waals surface area contributed by atoms with E-state index in [0.717, 1.165) is 31.8 Å². The highest BCUT2D eigenvalue weighted by atomic mass is 35.5. The molecule has 0 atom stereocenters. The zero-order chi connectivity index (χ0) is 19.7. The van der Waals surface area contributed by atoms with E-state index in [2.05, 4.69) is 10.2 Å². The lowest BCUT2D eigenvalue weighted by Crippen LogP contribution is -2.54. The molecule has 0 radical (unpaired) electrons. The summed E-state index contributed by atoms with van der Waals surface area (Å²) in [6, 6.07) is 10.3. The molecule has 0 saturated carbocycles. The minimum absolute atomic E-state index is 0.0305. The predicted octanol–water partition coefficient (Wildman–Crippen LogP) is 3.75. The first-order chi connectivity index (χ1) is 13.5. The number of anilines is 2. The van der Waals surface area contributed by atoms with Gasteiger partial charge in [-0.25, -0.2) is 0 Å². The Bertz CT molecular complexity index is 961. The van der Waals surface area contributed by atoms with Crippen molar-refractivity contribution >= 4 is 58.4 Å². The van der Waals surface area contributed by atoms with Crippen LogP contribution in [0.25, 0.3) is 6.08 Å². The summed E-state index contributed by atoms with van der Waals surface area (Å²) in [5, 5.41) is 3.13. The number of carbonyl (C=O) groups is 2. The van der Waals surface area contributed by atoms with Gasteiger partial charge in [-0.05, 0) is 67.9 Å². The third-order valence-electron chi connectivity index (χ3n) is 4.75. The number of nitrogens with one attached hydrogen (secondary N) is 1. The molecular formula is C20H18ClN3O3S. The normalized spacial score (nSPS) is 19.3. The van der Waals surface area contributed by atoms with E-state index in [0.29, 0.717) is 16.5 Å². The maximum atomic E-state index is 13.0. The first-order valence-corrected chi connectivity index (χ1v) is 9.83. The van der Waals surface area contributed by atoms with Gasteiger partial charge in [-0.3, -0.25) is 19.8 Å². The molecular weight excluding hydrogens is 398 g/mol. The van der Waals surface area contributed by atoms with Gasteiger partial charge in [0.05, 0.1) is 5.69 Å². The first kappa shape index (κ1) is 18.7. The molecule has 2 aromatic rings. The van der Waals surface area contributed by atoms with Crippen LogP contribution in [0.4, 0.5) is 11.6 Å². The van der Waals surface area contributed by atoms with Crippen LogP contribution < -0.4 is 15.1 Å². The first-order valence-electron chi connectivity index (χ1n) is 9.05. The molecule has 0 bridgehead atoms. The van der Waals surface area contributed by atoms with E-state index in [1.807, 2.05) is 6.07 Å². The van der Waals surface area contributed by atoms with E-state index in [9.17, 15) is 9.59 Å². The summed E-state index contributed by atoms with van der Waals surface area (Å²) >= 11 is 11.1. The Kier molecular flexibility index (Phi) is 5.19. The summed E-state index contributed by atoms with van der Waals surface area (Å²) in [6.07, 6.45) is 4.94. The van der Waals surface area contributed by atoms with Crippen molar-refractivity contribution in [3.8, 4) is 0 Å². The minimum atomic E-state index is -0.545. The fourth-order valence-corrected chi connectivity index (χ4v) is 3.74. The van der Waals surface area contributed by atoms with Crippen LogP contribution in [-0.4, -0.2) is 30.0 Å². The Labute approximate surface area is 172 Å². The molecule has 3 heterocycles. The zero-order valence-electron chi connectivity index (χ0n) is 15.0. The van der Waals surface area contributed by atoms with Gasteiger partial charge in [0.1, 0.15) is 11.3 Å². The lowest BCUT2D eigenvalue weighted by Gasteiger charge is -2.28. The fourth-order valence-electron chi connectivity index (χ4n) is 3.33. The molecule has 1 aromatic heterocycles. The van der Waals surface area contributed by atoms with Crippen LogP contribution in [0.5, 0.6) is 0 Å². The highest BCUT2D eigenvalue weighted by Gasteiger charge is 2.34. The lowest BCUT2D eigenvalue weighted by atomic mass is 10.1. The fraction of sp³-hybridized carbons (Fsp3) is 0.250. The highest BCUT2D eigenvalue weighted by Crippen LogP contribution is 2.26. The number of halogens is 1. The number of hydrogen-bond donors (Lipinski definition) is 1. The van der Waals surface area contributed by atoms with Crippen molar-refractivity contribution in [1.82, 2.24) is 5.32 Å². The smallest absolute Gasteiger partial charge is 0.270 e. The zero-order valence-corrected chi connectivity index (χ0v) is 16.6. The summed E-state index contributed by atoms with van der Waals surface area (Å²) < 4.78 is 5.85. The second kappa shape index (κ2) is 7.77. The van der Waals surface area contributed by atoms with Gasteiger partial charge < -0.3 is 9.32 Å². The van der Waals surface area contributed by atoms with Gasteiger partial charge in [0.15, 0.2) is 11.0 Å². The molecule has 2 amide bonds. The van der Waals surface area contributed by atoms with Gasteiger partial charge in [0.25, 0.3) is 11.8 Å². The second-order valence-corrected chi connectivity index (χ2v) is 7.48. The molecule has 0 spiro atoms. The number of rotatable bonds is 3. The largest absolute Gasteiger partial charge is 0.441 e. The third kappa shape index (κ3) is 3.68. The number of furan rings is 1. The van der Waals surface area contributed by atoms with E-state index in [4.69, 9.17) is 28.2 Å². The number of nitrogens with zero attached hydrogens (tertiary/aromatic N) is 2. The van der Waals surface area contributed by atoms with Gasteiger partial charge in [-0.1, -0.05) is 11.6 Å². The standard InChI is InChI=1S/C20H18ClN3O3S/c21-13-4-6-14(7-5-13)24-19(26)16(18(25)22-20(24)28)12-15-8-9-17(27-15)23-10-2-1-3-11-23/h4-9,12H,1-3,10-11H2,(H,22,25,28)/b16-12+. The van der Waals surface area contributed by atoms with E-state index in [-0.39, 0.29) is 10.7 Å². The van der Waals surface area contributed by atoms with Crippen LogP contribution in [0.1, 0.15) is 25.0 Å². The summed E-state index contributed by atoms with van der Waals surface area (Å²) in [5.74, 6) is 0.145. The molecule has 2 saturated heterocycles. The molecule has 1 aromatic carbocycles. The van der Waals surface area contributed by atoms with Crippen LogP contribution in [0.2, 0.25) is 5.02 Å². The maximum Gasteiger partial charge on any atom is 0.270 e. The summed E-state index contributed by atoms with van der Waals surface area (Å²) in [5.41, 5.74) is 0.488. The van der Waals surface area contributed by atoms with Gasteiger partial charge in [0, 0.05) is 24.2 Å². The molecule has 0 unspecified atom stereocenters. The van der Waals surface area contributed by atoms with Crippen molar-refractivity contribution in [3.05, 3.63) is 52.8 Å². The van der Waals surface area contributed by atoms with Crippen LogP contribution in [0, 0.1) is 0 Å². The van der Waals surface area contributed by atoms with Crippen molar-refractivity contribution in [2.45, 2.75) is 19.3 Å². The molecule has 4 rings (SSSR count). The van der Waals surface area contributed by atoms with E-state index in [1.54, 1.807) is 30.3 Å². The molecule has 28 heavy (non-hydrogen) atoms. The van der Waals surface area contributed by atoms with E-state index >= 15 is 0 Å².